The number of rotatable bonds is 5. The van der Waals surface area contributed by atoms with Crippen LogP contribution in [-0.4, -0.2) is 27.3 Å². The monoisotopic (exact) mass is 281 g/mol. The molecule has 2 atom stereocenters. The highest BCUT2D eigenvalue weighted by molar-refractivity contribution is 6.31. The Morgan fingerprint density at radius 1 is 1.47 bits per heavy atom. The van der Waals surface area contributed by atoms with E-state index in [1.807, 2.05) is 29.8 Å². The third-order valence-corrected chi connectivity index (χ3v) is 3.70. The molecule has 1 heterocycles. The van der Waals surface area contributed by atoms with Crippen LogP contribution in [0.15, 0.2) is 18.2 Å². The molecule has 0 spiro atoms. The Kier molecular flexibility index (Phi) is 4.45. The van der Waals surface area contributed by atoms with Crippen LogP contribution in [0.4, 0.5) is 0 Å². The van der Waals surface area contributed by atoms with Crippen molar-refractivity contribution in [3.8, 4) is 0 Å². The molecular weight excluding hydrogens is 262 g/mol. The molecular formula is C14H20ClN3O. The summed E-state index contributed by atoms with van der Waals surface area (Å²) in [4.78, 5) is 4.64. The van der Waals surface area contributed by atoms with Gasteiger partial charge in [-0.15, -0.1) is 0 Å². The van der Waals surface area contributed by atoms with E-state index in [4.69, 9.17) is 11.6 Å². The van der Waals surface area contributed by atoms with Gasteiger partial charge in [-0.25, -0.2) is 4.98 Å². The molecule has 0 aliphatic carbocycles. The van der Waals surface area contributed by atoms with Gasteiger partial charge >= 0.3 is 0 Å². The molecule has 2 unspecified atom stereocenters. The largest absolute Gasteiger partial charge is 0.395 e. The lowest BCUT2D eigenvalue weighted by molar-refractivity contribution is 0.228. The zero-order valence-corrected chi connectivity index (χ0v) is 12.3. The minimum absolute atomic E-state index is 0.0771. The molecule has 1 aromatic carbocycles. The number of hydrogen-bond donors (Lipinski definition) is 2. The van der Waals surface area contributed by atoms with Crippen molar-refractivity contribution in [3.05, 3.63) is 29.0 Å². The second-order valence-corrected chi connectivity index (χ2v) is 5.27. The summed E-state index contributed by atoms with van der Waals surface area (Å²) in [5.41, 5.74) is 1.96. The zero-order valence-electron chi connectivity index (χ0n) is 11.5. The van der Waals surface area contributed by atoms with Crippen LogP contribution in [0.25, 0.3) is 11.0 Å². The second kappa shape index (κ2) is 5.90. The first kappa shape index (κ1) is 14.3. The van der Waals surface area contributed by atoms with Crippen molar-refractivity contribution < 1.29 is 5.11 Å². The van der Waals surface area contributed by atoms with Gasteiger partial charge in [-0.05, 0) is 31.5 Å². The lowest BCUT2D eigenvalue weighted by atomic mass is 10.2. The van der Waals surface area contributed by atoms with E-state index in [-0.39, 0.29) is 18.7 Å². The third-order valence-electron chi connectivity index (χ3n) is 3.46. The number of aliphatic hydroxyl groups is 1. The molecule has 0 aliphatic rings. The van der Waals surface area contributed by atoms with Crippen molar-refractivity contribution >= 4 is 22.6 Å². The molecule has 0 aliphatic heterocycles. The van der Waals surface area contributed by atoms with Crippen LogP contribution >= 0.6 is 11.6 Å². The smallest absolute Gasteiger partial charge is 0.126 e. The highest BCUT2D eigenvalue weighted by Gasteiger charge is 2.17. The number of aromatic nitrogens is 2. The van der Waals surface area contributed by atoms with Crippen LogP contribution in [-0.2, 0) is 7.05 Å². The molecule has 0 saturated carbocycles. The fraction of sp³-hybridized carbons (Fsp3) is 0.500. The first-order chi connectivity index (χ1) is 9.06. The molecule has 0 saturated heterocycles. The number of halogens is 1. The van der Waals surface area contributed by atoms with Gasteiger partial charge in [0.25, 0.3) is 0 Å². The molecule has 2 N–H and O–H groups in total. The summed E-state index contributed by atoms with van der Waals surface area (Å²) in [6, 6.07) is 5.87. The van der Waals surface area contributed by atoms with Crippen LogP contribution in [0.1, 0.15) is 32.1 Å². The first-order valence-corrected chi connectivity index (χ1v) is 6.93. The quantitative estimate of drug-likeness (QED) is 0.886. The number of nitrogens with zero attached hydrogens (tertiary/aromatic N) is 2. The average molecular weight is 282 g/mol. The molecule has 5 heteroatoms. The van der Waals surface area contributed by atoms with E-state index in [1.54, 1.807) is 0 Å². The maximum absolute atomic E-state index is 9.26. The van der Waals surface area contributed by atoms with Gasteiger partial charge in [-0.2, -0.15) is 0 Å². The van der Waals surface area contributed by atoms with Crippen molar-refractivity contribution in [3.63, 3.8) is 0 Å². The van der Waals surface area contributed by atoms with E-state index < -0.39 is 0 Å². The van der Waals surface area contributed by atoms with Crippen LogP contribution in [0.3, 0.4) is 0 Å². The first-order valence-electron chi connectivity index (χ1n) is 6.55. The second-order valence-electron chi connectivity index (χ2n) is 4.84. The summed E-state index contributed by atoms with van der Waals surface area (Å²) in [5, 5.41) is 13.4. The van der Waals surface area contributed by atoms with Gasteiger partial charge in [0.15, 0.2) is 0 Å². The van der Waals surface area contributed by atoms with Crippen LogP contribution in [0, 0.1) is 0 Å². The Balaban J connectivity index is 2.32. The van der Waals surface area contributed by atoms with Crippen molar-refractivity contribution in [1.29, 1.82) is 0 Å². The summed E-state index contributed by atoms with van der Waals surface area (Å²) in [5.74, 6) is 0.948. The number of fused-ring (bicyclic) bond motifs is 1. The van der Waals surface area contributed by atoms with Gasteiger partial charge in [-0.3, -0.25) is 0 Å². The molecule has 0 radical (unpaired) electrons. The Morgan fingerprint density at radius 2 is 2.21 bits per heavy atom. The number of imidazole rings is 1. The molecule has 0 bridgehead atoms. The van der Waals surface area contributed by atoms with Gasteiger partial charge in [-0.1, -0.05) is 18.5 Å². The summed E-state index contributed by atoms with van der Waals surface area (Å²) >= 11 is 6.02. The minimum atomic E-state index is 0.0771. The highest BCUT2D eigenvalue weighted by Crippen LogP contribution is 2.23. The lowest BCUT2D eigenvalue weighted by Crippen LogP contribution is -2.34. The molecule has 0 amide bonds. The van der Waals surface area contributed by atoms with Gasteiger partial charge < -0.3 is 15.0 Å². The van der Waals surface area contributed by atoms with Gasteiger partial charge in [0.05, 0.1) is 23.7 Å². The van der Waals surface area contributed by atoms with Crippen molar-refractivity contribution in [1.82, 2.24) is 14.9 Å². The minimum Gasteiger partial charge on any atom is -0.395 e. The number of aryl methyl sites for hydroxylation is 1. The SMILES string of the molecule is CCC(CO)NC(C)c1nc2ccc(Cl)cc2n1C. The van der Waals surface area contributed by atoms with E-state index >= 15 is 0 Å². The van der Waals surface area contributed by atoms with Crippen LogP contribution < -0.4 is 5.32 Å². The normalized spacial score (nSPS) is 14.8. The van der Waals surface area contributed by atoms with E-state index in [0.29, 0.717) is 5.02 Å². The Morgan fingerprint density at radius 3 is 2.84 bits per heavy atom. The highest BCUT2D eigenvalue weighted by atomic mass is 35.5. The molecule has 1 aromatic heterocycles. The maximum Gasteiger partial charge on any atom is 0.126 e. The predicted octanol–water partition coefficient (Wildman–Crippen LogP) is 2.65. The summed E-state index contributed by atoms with van der Waals surface area (Å²) < 4.78 is 2.04. The van der Waals surface area contributed by atoms with Crippen LogP contribution in [0.2, 0.25) is 5.02 Å². The van der Waals surface area contributed by atoms with Crippen molar-refractivity contribution in [2.45, 2.75) is 32.4 Å². The Hall–Kier alpha value is -1.10. The molecule has 2 aromatic rings. The number of hydrogen-bond acceptors (Lipinski definition) is 3. The van der Waals surface area contributed by atoms with Crippen LogP contribution in [0.5, 0.6) is 0 Å². The molecule has 0 fully saturated rings. The number of aliphatic hydroxyl groups excluding tert-OH is 1. The summed E-state index contributed by atoms with van der Waals surface area (Å²) in [7, 11) is 1.99. The van der Waals surface area contributed by atoms with E-state index in [0.717, 1.165) is 23.3 Å². The fourth-order valence-electron chi connectivity index (χ4n) is 2.30. The maximum atomic E-state index is 9.26. The van der Waals surface area contributed by atoms with Gasteiger partial charge in [0.1, 0.15) is 5.82 Å². The van der Waals surface area contributed by atoms with Crippen molar-refractivity contribution in [2.75, 3.05) is 6.61 Å². The fourth-order valence-corrected chi connectivity index (χ4v) is 2.46. The Bertz CT molecular complexity index is 563. The molecule has 2 rings (SSSR count). The summed E-state index contributed by atoms with van der Waals surface area (Å²) in [6.07, 6.45) is 0.886. The Labute approximate surface area is 118 Å². The number of nitrogens with one attached hydrogen (secondary N) is 1. The van der Waals surface area contributed by atoms with Crippen molar-refractivity contribution in [2.24, 2.45) is 7.05 Å². The molecule has 4 nitrogen and oxygen atoms in total. The van der Waals surface area contributed by atoms with Gasteiger partial charge in [0, 0.05) is 18.1 Å². The average Bonchev–Trinajstić information content (AvgIpc) is 2.73. The van der Waals surface area contributed by atoms with E-state index in [9.17, 15) is 5.11 Å². The molecule has 104 valence electrons. The van der Waals surface area contributed by atoms with E-state index in [2.05, 4.69) is 24.1 Å². The van der Waals surface area contributed by atoms with E-state index in [1.165, 1.54) is 0 Å². The topological polar surface area (TPSA) is 50.1 Å². The standard InChI is InChI=1S/C14H20ClN3O/c1-4-11(8-19)16-9(2)14-17-12-6-5-10(15)7-13(12)18(14)3/h5-7,9,11,16,19H,4,8H2,1-3H3. The predicted molar refractivity (Wildman–Crippen MR) is 78.4 cm³/mol. The third kappa shape index (κ3) is 2.91. The number of benzene rings is 1. The lowest BCUT2D eigenvalue weighted by Gasteiger charge is -2.20. The zero-order chi connectivity index (χ0) is 14.0. The van der Waals surface area contributed by atoms with Gasteiger partial charge in [0.2, 0.25) is 0 Å². The summed E-state index contributed by atoms with van der Waals surface area (Å²) in [6.45, 7) is 4.24. The molecule has 19 heavy (non-hydrogen) atoms.